The van der Waals surface area contributed by atoms with Crippen LogP contribution >= 0.6 is 0 Å². The van der Waals surface area contributed by atoms with Gasteiger partial charge in [0, 0.05) is 6.04 Å². The average molecular weight is 266 g/mol. The van der Waals surface area contributed by atoms with Crippen LogP contribution in [-0.4, -0.2) is 34.8 Å². The van der Waals surface area contributed by atoms with Crippen molar-refractivity contribution in [2.24, 2.45) is 11.8 Å². The Morgan fingerprint density at radius 1 is 1.32 bits per heavy atom. The van der Waals surface area contributed by atoms with Gasteiger partial charge in [-0.2, -0.15) is 0 Å². The number of rotatable bonds is 3. The van der Waals surface area contributed by atoms with Gasteiger partial charge in [-0.1, -0.05) is 27.7 Å². The number of carbonyl (C=O) groups excluding carboxylic acids is 2. The van der Waals surface area contributed by atoms with Crippen LogP contribution in [0.1, 0.15) is 53.4 Å². The maximum absolute atomic E-state index is 12.6. The molecule has 4 nitrogen and oxygen atoms in total. The second-order valence-electron chi connectivity index (χ2n) is 6.48. The second-order valence-corrected chi connectivity index (χ2v) is 6.48. The van der Waals surface area contributed by atoms with E-state index in [9.17, 15) is 9.59 Å². The van der Waals surface area contributed by atoms with E-state index in [1.54, 1.807) is 0 Å². The van der Waals surface area contributed by atoms with Gasteiger partial charge in [-0.25, -0.2) is 0 Å². The molecule has 2 fully saturated rings. The maximum Gasteiger partial charge on any atom is 0.246 e. The number of amides is 2. The number of nitrogens with one attached hydrogen (secondary N) is 1. The van der Waals surface area contributed by atoms with Gasteiger partial charge in [0.05, 0.1) is 0 Å². The zero-order chi connectivity index (χ0) is 14.2. The Balaban J connectivity index is 2.26. The Bertz CT molecular complexity index is 367. The summed E-state index contributed by atoms with van der Waals surface area (Å²) in [7, 11) is 0. The molecular formula is C15H26N2O2. The number of hydrogen-bond acceptors (Lipinski definition) is 2. The summed E-state index contributed by atoms with van der Waals surface area (Å²) in [5.41, 5.74) is 0. The van der Waals surface area contributed by atoms with Crippen LogP contribution in [0.4, 0.5) is 0 Å². The van der Waals surface area contributed by atoms with Crippen LogP contribution in [-0.2, 0) is 9.59 Å². The Labute approximate surface area is 115 Å². The molecule has 2 aliphatic rings. The molecule has 19 heavy (non-hydrogen) atoms. The lowest BCUT2D eigenvalue weighted by Gasteiger charge is -2.44. The van der Waals surface area contributed by atoms with Crippen LogP contribution in [0.5, 0.6) is 0 Å². The average Bonchev–Trinajstić information content (AvgIpc) is 2.77. The molecule has 4 atom stereocenters. The SMILES string of the molecule is CCC1NC(=O)C(C(C)C)N(C2CCC(C)C2)C1=O. The van der Waals surface area contributed by atoms with E-state index in [1.807, 2.05) is 25.7 Å². The second kappa shape index (κ2) is 5.51. The van der Waals surface area contributed by atoms with Crippen molar-refractivity contribution in [1.82, 2.24) is 10.2 Å². The van der Waals surface area contributed by atoms with Gasteiger partial charge in [-0.15, -0.1) is 0 Å². The number of nitrogens with zero attached hydrogens (tertiary/aromatic N) is 1. The van der Waals surface area contributed by atoms with E-state index < -0.39 is 0 Å². The van der Waals surface area contributed by atoms with E-state index in [-0.39, 0.29) is 35.9 Å². The van der Waals surface area contributed by atoms with Gasteiger partial charge < -0.3 is 10.2 Å². The molecule has 108 valence electrons. The van der Waals surface area contributed by atoms with Crippen molar-refractivity contribution in [2.45, 2.75) is 71.5 Å². The van der Waals surface area contributed by atoms with Crippen LogP contribution in [0.15, 0.2) is 0 Å². The Kier molecular flexibility index (Phi) is 4.16. The summed E-state index contributed by atoms with van der Waals surface area (Å²) in [6.45, 7) is 8.23. The first-order chi connectivity index (χ1) is 8.95. The Morgan fingerprint density at radius 2 is 2.00 bits per heavy atom. The molecule has 0 spiro atoms. The third-order valence-electron chi connectivity index (χ3n) is 4.54. The molecule has 0 bridgehead atoms. The minimum atomic E-state index is -0.321. The quantitative estimate of drug-likeness (QED) is 0.848. The van der Waals surface area contributed by atoms with E-state index in [0.29, 0.717) is 12.3 Å². The van der Waals surface area contributed by atoms with Crippen LogP contribution in [0.25, 0.3) is 0 Å². The third-order valence-corrected chi connectivity index (χ3v) is 4.54. The third kappa shape index (κ3) is 2.63. The maximum atomic E-state index is 12.6. The molecule has 1 N–H and O–H groups in total. The van der Waals surface area contributed by atoms with Gasteiger partial charge in [0.1, 0.15) is 12.1 Å². The first-order valence-corrected chi connectivity index (χ1v) is 7.58. The molecular weight excluding hydrogens is 240 g/mol. The fraction of sp³-hybridized carbons (Fsp3) is 0.867. The minimum Gasteiger partial charge on any atom is -0.343 e. The highest BCUT2D eigenvalue weighted by Crippen LogP contribution is 2.33. The highest BCUT2D eigenvalue weighted by molar-refractivity contribution is 5.97. The predicted molar refractivity (Wildman–Crippen MR) is 74.5 cm³/mol. The normalized spacial score (nSPS) is 35.9. The van der Waals surface area contributed by atoms with Crippen LogP contribution in [0, 0.1) is 11.8 Å². The van der Waals surface area contributed by atoms with E-state index in [4.69, 9.17) is 0 Å². The fourth-order valence-corrected chi connectivity index (χ4v) is 3.50. The summed E-state index contributed by atoms with van der Waals surface area (Å²) in [6.07, 6.45) is 3.92. The molecule has 1 saturated heterocycles. The van der Waals surface area contributed by atoms with Gasteiger partial charge in [-0.05, 0) is 37.5 Å². The molecule has 4 unspecified atom stereocenters. The van der Waals surface area contributed by atoms with E-state index >= 15 is 0 Å². The molecule has 1 saturated carbocycles. The van der Waals surface area contributed by atoms with Gasteiger partial charge in [0.25, 0.3) is 0 Å². The molecule has 2 rings (SSSR count). The molecule has 1 aliphatic heterocycles. The highest BCUT2D eigenvalue weighted by Gasteiger charge is 2.45. The predicted octanol–water partition coefficient (Wildman–Crippen LogP) is 1.94. The number of piperazine rings is 1. The first kappa shape index (κ1) is 14.4. The zero-order valence-corrected chi connectivity index (χ0v) is 12.5. The first-order valence-electron chi connectivity index (χ1n) is 7.58. The topological polar surface area (TPSA) is 49.4 Å². The smallest absolute Gasteiger partial charge is 0.246 e. The molecule has 1 aliphatic carbocycles. The summed E-state index contributed by atoms with van der Waals surface area (Å²) in [4.78, 5) is 26.8. The molecule has 0 radical (unpaired) electrons. The molecule has 0 aromatic heterocycles. The van der Waals surface area contributed by atoms with Crippen molar-refractivity contribution in [1.29, 1.82) is 0 Å². The van der Waals surface area contributed by atoms with Crippen molar-refractivity contribution < 1.29 is 9.59 Å². The van der Waals surface area contributed by atoms with Gasteiger partial charge >= 0.3 is 0 Å². The summed E-state index contributed by atoms with van der Waals surface area (Å²) in [5, 5.41) is 2.88. The van der Waals surface area contributed by atoms with Crippen molar-refractivity contribution in [3.8, 4) is 0 Å². The van der Waals surface area contributed by atoms with Crippen molar-refractivity contribution in [3.05, 3.63) is 0 Å². The zero-order valence-electron chi connectivity index (χ0n) is 12.5. The summed E-state index contributed by atoms with van der Waals surface area (Å²) >= 11 is 0. The van der Waals surface area contributed by atoms with Crippen molar-refractivity contribution in [3.63, 3.8) is 0 Å². The van der Waals surface area contributed by atoms with Crippen molar-refractivity contribution in [2.75, 3.05) is 0 Å². The van der Waals surface area contributed by atoms with Gasteiger partial charge in [0.2, 0.25) is 11.8 Å². The molecule has 0 aromatic rings. The lowest BCUT2D eigenvalue weighted by atomic mass is 9.93. The van der Waals surface area contributed by atoms with Gasteiger partial charge in [0.15, 0.2) is 0 Å². The molecule has 4 heteroatoms. The van der Waals surface area contributed by atoms with E-state index in [2.05, 4.69) is 12.2 Å². The van der Waals surface area contributed by atoms with Crippen LogP contribution in [0.2, 0.25) is 0 Å². The number of hydrogen-bond donors (Lipinski definition) is 1. The standard InChI is InChI=1S/C15H26N2O2/c1-5-12-15(19)17(11-7-6-10(4)8-11)13(9(2)3)14(18)16-12/h9-13H,5-8H2,1-4H3,(H,16,18). The fourth-order valence-electron chi connectivity index (χ4n) is 3.50. The molecule has 2 amide bonds. The number of carbonyl (C=O) groups is 2. The van der Waals surface area contributed by atoms with E-state index in [0.717, 1.165) is 19.3 Å². The van der Waals surface area contributed by atoms with Crippen molar-refractivity contribution >= 4 is 11.8 Å². The minimum absolute atomic E-state index is 0.0287. The Hall–Kier alpha value is -1.06. The monoisotopic (exact) mass is 266 g/mol. The van der Waals surface area contributed by atoms with Crippen LogP contribution in [0.3, 0.4) is 0 Å². The highest BCUT2D eigenvalue weighted by atomic mass is 16.2. The molecule has 1 heterocycles. The van der Waals surface area contributed by atoms with Gasteiger partial charge in [-0.3, -0.25) is 9.59 Å². The Morgan fingerprint density at radius 3 is 2.47 bits per heavy atom. The lowest BCUT2D eigenvalue weighted by Crippen LogP contribution is -2.66. The molecule has 0 aromatic carbocycles. The van der Waals surface area contributed by atoms with E-state index in [1.165, 1.54) is 0 Å². The summed E-state index contributed by atoms with van der Waals surface area (Å²) in [5.74, 6) is 0.981. The van der Waals surface area contributed by atoms with Crippen LogP contribution < -0.4 is 5.32 Å². The summed E-state index contributed by atoms with van der Waals surface area (Å²) < 4.78 is 0. The lowest BCUT2D eigenvalue weighted by molar-refractivity contribution is -0.154. The summed E-state index contributed by atoms with van der Waals surface area (Å²) in [6, 6.07) is -0.348. The largest absolute Gasteiger partial charge is 0.343 e.